The van der Waals surface area contributed by atoms with Crippen molar-refractivity contribution < 1.29 is 13.6 Å². The van der Waals surface area contributed by atoms with E-state index in [1.807, 2.05) is 4.90 Å². The molecule has 9 nitrogen and oxygen atoms in total. The second kappa shape index (κ2) is 8.49. The lowest BCUT2D eigenvalue weighted by Gasteiger charge is -2.36. The van der Waals surface area contributed by atoms with Crippen LogP contribution in [0, 0.1) is 18.7 Å². The maximum absolute atomic E-state index is 15.3. The van der Waals surface area contributed by atoms with Gasteiger partial charge in [-0.15, -0.1) is 0 Å². The molecule has 4 aromatic rings. The zero-order chi connectivity index (χ0) is 24.0. The zero-order valence-corrected chi connectivity index (χ0v) is 18.7. The number of H-pyrrole nitrogens is 1. The van der Waals surface area contributed by atoms with E-state index < -0.39 is 17.7 Å². The predicted octanol–water partition coefficient (Wildman–Crippen LogP) is 1.84. The topological polar surface area (TPSA) is 98.6 Å². The van der Waals surface area contributed by atoms with Gasteiger partial charge in [-0.3, -0.25) is 14.5 Å². The molecule has 2 N–H and O–H groups in total. The summed E-state index contributed by atoms with van der Waals surface area (Å²) in [5.41, 5.74) is 2.18. The van der Waals surface area contributed by atoms with E-state index in [-0.39, 0.29) is 16.8 Å². The van der Waals surface area contributed by atoms with E-state index in [0.29, 0.717) is 55.0 Å². The fraction of sp³-hybridized carbons (Fsp3) is 0.304. The number of fused-ring (bicyclic) bond motifs is 3. The zero-order valence-electron chi connectivity index (χ0n) is 18.7. The molecular weight excluding hydrogens is 444 g/mol. The van der Waals surface area contributed by atoms with Gasteiger partial charge in [-0.25, -0.2) is 13.9 Å². The fourth-order valence-electron chi connectivity index (χ4n) is 4.39. The van der Waals surface area contributed by atoms with Gasteiger partial charge in [0.15, 0.2) is 5.82 Å². The number of rotatable bonds is 4. The minimum atomic E-state index is -0.695. The van der Waals surface area contributed by atoms with Gasteiger partial charge >= 0.3 is 0 Å². The minimum absolute atomic E-state index is 0.0229. The van der Waals surface area contributed by atoms with Crippen molar-refractivity contribution in [2.45, 2.75) is 13.5 Å². The minimum Gasteiger partial charge on any atom is -0.365 e. The Morgan fingerprint density at radius 3 is 2.62 bits per heavy atom. The third-order valence-electron chi connectivity index (χ3n) is 6.23. The van der Waals surface area contributed by atoms with Gasteiger partial charge in [0.05, 0.1) is 17.4 Å². The number of benzene rings is 1. The summed E-state index contributed by atoms with van der Waals surface area (Å²) in [5.74, 6) is -1.62. The second-order valence-corrected chi connectivity index (χ2v) is 8.32. The second-order valence-electron chi connectivity index (χ2n) is 8.32. The van der Waals surface area contributed by atoms with Crippen molar-refractivity contribution in [2.75, 3.05) is 38.1 Å². The molecule has 1 aliphatic rings. The van der Waals surface area contributed by atoms with Crippen molar-refractivity contribution in [1.82, 2.24) is 29.8 Å². The summed E-state index contributed by atoms with van der Waals surface area (Å²) >= 11 is 0. The molecule has 1 fully saturated rings. The highest BCUT2D eigenvalue weighted by atomic mass is 19.1. The highest BCUT2D eigenvalue weighted by molar-refractivity contribution is 5.92. The van der Waals surface area contributed by atoms with Crippen LogP contribution in [0.2, 0.25) is 0 Å². The van der Waals surface area contributed by atoms with E-state index in [1.54, 1.807) is 31.3 Å². The first-order valence-electron chi connectivity index (χ1n) is 10.9. The predicted molar refractivity (Wildman–Crippen MR) is 123 cm³/mol. The molecule has 0 bridgehead atoms. The van der Waals surface area contributed by atoms with Crippen molar-refractivity contribution in [3.63, 3.8) is 0 Å². The Balaban J connectivity index is 1.32. The number of carbonyl (C=O) groups excluding carboxylic acids is 1. The third-order valence-corrected chi connectivity index (χ3v) is 6.23. The molecule has 1 aromatic carbocycles. The van der Waals surface area contributed by atoms with Crippen molar-refractivity contribution in [2.24, 2.45) is 0 Å². The molecule has 0 saturated carbocycles. The van der Waals surface area contributed by atoms with Gasteiger partial charge < -0.3 is 15.2 Å². The van der Waals surface area contributed by atoms with E-state index >= 15 is 4.39 Å². The van der Waals surface area contributed by atoms with E-state index in [4.69, 9.17) is 0 Å². The van der Waals surface area contributed by atoms with Crippen LogP contribution in [0.5, 0.6) is 0 Å². The molecule has 0 aliphatic carbocycles. The lowest BCUT2D eigenvalue weighted by atomic mass is 10.1. The van der Waals surface area contributed by atoms with Crippen LogP contribution in [-0.2, 0) is 6.54 Å². The Bertz CT molecular complexity index is 1470. The van der Waals surface area contributed by atoms with E-state index in [9.17, 15) is 14.0 Å². The summed E-state index contributed by atoms with van der Waals surface area (Å²) in [6.07, 6.45) is 1.58. The van der Waals surface area contributed by atoms with E-state index in [0.717, 1.165) is 5.56 Å². The molecule has 3 aromatic heterocycles. The summed E-state index contributed by atoms with van der Waals surface area (Å²) < 4.78 is 31.3. The van der Waals surface area contributed by atoms with Crippen molar-refractivity contribution in [1.29, 1.82) is 0 Å². The first-order chi connectivity index (χ1) is 16.4. The number of hydrogen-bond donors (Lipinski definition) is 2. The van der Waals surface area contributed by atoms with E-state index in [1.165, 1.54) is 17.6 Å². The van der Waals surface area contributed by atoms with Gasteiger partial charge in [-0.05, 0) is 25.1 Å². The van der Waals surface area contributed by atoms with Crippen LogP contribution in [0.3, 0.4) is 0 Å². The van der Waals surface area contributed by atoms with Gasteiger partial charge in [0.1, 0.15) is 16.7 Å². The van der Waals surface area contributed by atoms with Crippen molar-refractivity contribution in [3.8, 4) is 0 Å². The molecule has 11 heteroatoms. The average Bonchev–Trinajstić information content (AvgIpc) is 3.23. The van der Waals surface area contributed by atoms with Crippen LogP contribution >= 0.6 is 0 Å². The standard InChI is InChI=1S/C23H23F2N7O2/c1-13-11-27-32-16-5-3-14(18(24)19(16)29-23(34)20(13)32)12-30-7-9-31(10-8-30)17-6-4-15(22(33)26-2)28-21(17)25/h3-6,11H,7-10,12H2,1-2H3,(H,26,33)(H,29,34). The number of aryl methyl sites for hydroxylation is 1. The summed E-state index contributed by atoms with van der Waals surface area (Å²) in [6, 6.07) is 6.51. The number of amides is 1. The fourth-order valence-corrected chi connectivity index (χ4v) is 4.39. The van der Waals surface area contributed by atoms with Gasteiger partial charge in [-0.1, -0.05) is 6.07 Å². The molecule has 4 heterocycles. The van der Waals surface area contributed by atoms with Crippen LogP contribution in [0.15, 0.2) is 35.3 Å². The number of aromatic amines is 1. The smallest absolute Gasteiger partial charge is 0.274 e. The number of piperazine rings is 1. The Morgan fingerprint density at radius 2 is 1.91 bits per heavy atom. The Morgan fingerprint density at radius 1 is 1.15 bits per heavy atom. The number of aromatic nitrogens is 4. The SMILES string of the molecule is CNC(=O)c1ccc(N2CCN(Cc3ccc4c([nH]c(=O)c5c(C)cnn54)c3F)CC2)c(F)n1. The average molecular weight is 467 g/mol. The molecule has 0 spiro atoms. The molecule has 1 aliphatic heterocycles. The summed E-state index contributed by atoms with van der Waals surface area (Å²) in [5, 5.41) is 6.64. The molecule has 5 rings (SSSR count). The number of halogens is 2. The van der Waals surface area contributed by atoms with Gasteiger partial charge in [0, 0.05) is 50.9 Å². The van der Waals surface area contributed by atoms with Crippen LogP contribution < -0.4 is 15.8 Å². The van der Waals surface area contributed by atoms with Crippen LogP contribution in [0.25, 0.3) is 16.6 Å². The Hall–Kier alpha value is -3.86. The molecule has 1 saturated heterocycles. The Labute approximate surface area is 193 Å². The van der Waals surface area contributed by atoms with Crippen LogP contribution in [0.1, 0.15) is 21.6 Å². The molecule has 1 amide bonds. The first kappa shape index (κ1) is 22.0. The number of nitrogens with zero attached hydrogens (tertiary/aromatic N) is 5. The maximum atomic E-state index is 15.3. The quantitative estimate of drug-likeness (QED) is 0.445. The number of nitrogens with one attached hydrogen (secondary N) is 2. The van der Waals surface area contributed by atoms with Gasteiger partial charge in [0.2, 0.25) is 5.95 Å². The van der Waals surface area contributed by atoms with Crippen molar-refractivity contribution in [3.05, 3.63) is 69.4 Å². The number of carbonyl (C=O) groups is 1. The normalized spacial score (nSPS) is 14.8. The number of hydrogen-bond acceptors (Lipinski definition) is 6. The first-order valence-corrected chi connectivity index (χ1v) is 10.9. The number of pyridine rings is 1. The Kier molecular flexibility index (Phi) is 5.48. The molecular formula is C23H23F2N7O2. The molecule has 176 valence electrons. The van der Waals surface area contributed by atoms with Gasteiger partial charge in [-0.2, -0.15) is 9.49 Å². The summed E-state index contributed by atoms with van der Waals surface area (Å²) in [6.45, 7) is 4.36. The monoisotopic (exact) mass is 467 g/mol. The lowest BCUT2D eigenvalue weighted by molar-refractivity contribution is 0.0957. The molecule has 0 atom stereocenters. The molecule has 0 unspecified atom stereocenters. The maximum Gasteiger partial charge on any atom is 0.274 e. The van der Waals surface area contributed by atoms with Crippen LogP contribution in [0.4, 0.5) is 14.5 Å². The van der Waals surface area contributed by atoms with Crippen LogP contribution in [-0.4, -0.2) is 63.6 Å². The summed E-state index contributed by atoms with van der Waals surface area (Å²) in [7, 11) is 1.46. The largest absolute Gasteiger partial charge is 0.365 e. The number of anilines is 1. The lowest BCUT2D eigenvalue weighted by Crippen LogP contribution is -2.46. The molecule has 0 radical (unpaired) electrons. The highest BCUT2D eigenvalue weighted by Crippen LogP contribution is 2.23. The van der Waals surface area contributed by atoms with Crippen molar-refractivity contribution >= 4 is 28.1 Å². The van der Waals surface area contributed by atoms with Gasteiger partial charge in [0.25, 0.3) is 11.5 Å². The highest BCUT2D eigenvalue weighted by Gasteiger charge is 2.23. The summed E-state index contributed by atoms with van der Waals surface area (Å²) in [4.78, 5) is 34.4. The molecule has 34 heavy (non-hydrogen) atoms. The third kappa shape index (κ3) is 3.67. The van der Waals surface area contributed by atoms with E-state index in [2.05, 4.69) is 25.3 Å².